The first-order valence-corrected chi connectivity index (χ1v) is 6.16. The van der Waals surface area contributed by atoms with Gasteiger partial charge in [0.25, 0.3) is 5.91 Å². The van der Waals surface area contributed by atoms with Crippen LogP contribution in [-0.4, -0.2) is 23.9 Å². The molecule has 2 aliphatic rings. The fraction of sp³-hybridized carbons (Fsp3) is 0.615. The van der Waals surface area contributed by atoms with E-state index in [0.717, 1.165) is 24.9 Å². The average molecular weight is 219 g/mol. The first-order chi connectivity index (χ1) is 7.84. The highest BCUT2D eigenvalue weighted by atomic mass is 16.3. The topological polar surface area (TPSA) is 33.5 Å². The van der Waals surface area contributed by atoms with Crippen LogP contribution in [0.4, 0.5) is 0 Å². The molecule has 0 atom stereocenters. The zero-order valence-corrected chi connectivity index (χ0v) is 9.39. The molecule has 16 heavy (non-hydrogen) atoms. The van der Waals surface area contributed by atoms with E-state index in [1.807, 2.05) is 4.90 Å². The molecule has 0 aromatic carbocycles. The van der Waals surface area contributed by atoms with Crippen molar-refractivity contribution in [2.75, 3.05) is 13.1 Å². The third kappa shape index (κ3) is 1.86. The molecule has 1 aromatic rings. The van der Waals surface area contributed by atoms with Crippen molar-refractivity contribution in [3.63, 3.8) is 0 Å². The summed E-state index contributed by atoms with van der Waals surface area (Å²) in [5.74, 6) is 1.99. The summed E-state index contributed by atoms with van der Waals surface area (Å²) in [5, 5.41) is 0. The number of amides is 1. The van der Waals surface area contributed by atoms with Gasteiger partial charge in [0.2, 0.25) is 0 Å². The highest BCUT2D eigenvalue weighted by Gasteiger charge is 2.34. The molecular formula is C13H17NO2. The summed E-state index contributed by atoms with van der Waals surface area (Å²) in [6, 6.07) is 1.75. The van der Waals surface area contributed by atoms with Crippen LogP contribution in [-0.2, 0) is 0 Å². The van der Waals surface area contributed by atoms with Crippen LogP contribution in [0.2, 0.25) is 0 Å². The third-order valence-corrected chi connectivity index (χ3v) is 3.88. The molecule has 1 amide bonds. The van der Waals surface area contributed by atoms with E-state index in [4.69, 9.17) is 4.42 Å². The fourth-order valence-electron chi connectivity index (χ4n) is 2.71. The molecule has 0 spiro atoms. The highest BCUT2D eigenvalue weighted by Crippen LogP contribution is 2.41. The van der Waals surface area contributed by atoms with E-state index in [1.54, 1.807) is 12.3 Å². The van der Waals surface area contributed by atoms with E-state index in [0.29, 0.717) is 5.56 Å². The summed E-state index contributed by atoms with van der Waals surface area (Å²) in [6.45, 7) is 1.84. The van der Waals surface area contributed by atoms with Crippen molar-refractivity contribution in [1.82, 2.24) is 4.90 Å². The van der Waals surface area contributed by atoms with Crippen molar-refractivity contribution < 1.29 is 9.21 Å². The molecule has 2 heterocycles. The van der Waals surface area contributed by atoms with E-state index >= 15 is 0 Å². The van der Waals surface area contributed by atoms with Crippen LogP contribution in [0.5, 0.6) is 0 Å². The van der Waals surface area contributed by atoms with Gasteiger partial charge in [-0.2, -0.15) is 0 Å². The van der Waals surface area contributed by atoms with E-state index in [2.05, 4.69) is 0 Å². The summed E-state index contributed by atoms with van der Waals surface area (Å²) < 4.78 is 4.95. The van der Waals surface area contributed by atoms with Crippen LogP contribution < -0.4 is 0 Å². The molecule has 1 aliphatic carbocycles. The molecule has 0 radical (unpaired) electrons. The Balaban J connectivity index is 1.59. The maximum absolute atomic E-state index is 12.0. The van der Waals surface area contributed by atoms with E-state index in [-0.39, 0.29) is 5.91 Å². The second kappa shape index (κ2) is 3.96. The second-order valence-electron chi connectivity index (χ2n) is 4.98. The van der Waals surface area contributed by atoms with Crippen LogP contribution in [0.15, 0.2) is 23.0 Å². The van der Waals surface area contributed by atoms with Crippen molar-refractivity contribution in [2.24, 2.45) is 11.8 Å². The zero-order chi connectivity index (χ0) is 11.0. The molecule has 0 bridgehead atoms. The number of rotatable bonds is 2. The molecule has 1 aromatic heterocycles. The van der Waals surface area contributed by atoms with Gasteiger partial charge >= 0.3 is 0 Å². The van der Waals surface area contributed by atoms with Gasteiger partial charge < -0.3 is 9.32 Å². The first-order valence-electron chi connectivity index (χ1n) is 6.16. The van der Waals surface area contributed by atoms with Gasteiger partial charge in [0.1, 0.15) is 6.26 Å². The number of piperidine rings is 1. The second-order valence-corrected chi connectivity index (χ2v) is 4.98. The minimum atomic E-state index is 0.128. The van der Waals surface area contributed by atoms with Crippen molar-refractivity contribution >= 4 is 5.91 Å². The quantitative estimate of drug-likeness (QED) is 0.766. The molecule has 86 valence electrons. The summed E-state index contributed by atoms with van der Waals surface area (Å²) in [6.07, 6.45) is 8.31. The molecular weight excluding hydrogens is 202 g/mol. The van der Waals surface area contributed by atoms with Gasteiger partial charge in [0, 0.05) is 13.1 Å². The molecule has 1 saturated heterocycles. The Labute approximate surface area is 95.4 Å². The van der Waals surface area contributed by atoms with E-state index < -0.39 is 0 Å². The van der Waals surface area contributed by atoms with Gasteiger partial charge in [0.15, 0.2) is 0 Å². The lowest BCUT2D eigenvalue weighted by molar-refractivity contribution is 0.0680. The van der Waals surface area contributed by atoms with Crippen LogP contribution in [0, 0.1) is 11.8 Å². The van der Waals surface area contributed by atoms with Gasteiger partial charge in [-0.05, 0) is 43.6 Å². The Kier molecular flexibility index (Phi) is 2.46. The van der Waals surface area contributed by atoms with E-state index in [9.17, 15) is 4.79 Å². The average Bonchev–Trinajstić information content (AvgIpc) is 3.04. The molecule has 0 unspecified atom stereocenters. The maximum atomic E-state index is 12.0. The molecule has 3 nitrogen and oxygen atoms in total. The molecule has 1 aliphatic heterocycles. The summed E-state index contributed by atoms with van der Waals surface area (Å²) in [5.41, 5.74) is 0.685. The molecule has 2 fully saturated rings. The van der Waals surface area contributed by atoms with Crippen molar-refractivity contribution in [1.29, 1.82) is 0 Å². The lowest BCUT2D eigenvalue weighted by Gasteiger charge is -2.31. The highest BCUT2D eigenvalue weighted by molar-refractivity contribution is 5.93. The summed E-state index contributed by atoms with van der Waals surface area (Å²) >= 11 is 0. The predicted octanol–water partition coefficient (Wildman–Crippen LogP) is 2.54. The monoisotopic (exact) mass is 219 g/mol. The number of furan rings is 1. The SMILES string of the molecule is O=C(c1ccoc1)N1CCC(C2CC2)CC1. The van der Waals surface area contributed by atoms with Crippen molar-refractivity contribution in [3.8, 4) is 0 Å². The number of hydrogen-bond acceptors (Lipinski definition) is 2. The lowest BCUT2D eigenvalue weighted by Crippen LogP contribution is -2.38. The smallest absolute Gasteiger partial charge is 0.257 e. The number of hydrogen-bond donors (Lipinski definition) is 0. The molecule has 0 N–H and O–H groups in total. The zero-order valence-electron chi connectivity index (χ0n) is 9.39. The van der Waals surface area contributed by atoms with Gasteiger partial charge in [-0.25, -0.2) is 0 Å². The van der Waals surface area contributed by atoms with E-state index in [1.165, 1.54) is 31.9 Å². The number of likely N-dealkylation sites (tertiary alicyclic amines) is 1. The van der Waals surface area contributed by atoms with Gasteiger partial charge in [-0.15, -0.1) is 0 Å². The van der Waals surface area contributed by atoms with Crippen LogP contribution in [0.25, 0.3) is 0 Å². The third-order valence-electron chi connectivity index (χ3n) is 3.88. The summed E-state index contributed by atoms with van der Waals surface area (Å²) in [4.78, 5) is 14.0. The normalized spacial score (nSPS) is 22.4. The number of carbonyl (C=O) groups excluding carboxylic acids is 1. The van der Waals surface area contributed by atoms with Gasteiger partial charge in [-0.1, -0.05) is 0 Å². The molecule has 3 heteroatoms. The summed E-state index contributed by atoms with van der Waals surface area (Å²) in [7, 11) is 0. The Morgan fingerprint density at radius 3 is 2.44 bits per heavy atom. The van der Waals surface area contributed by atoms with Crippen LogP contribution in [0.1, 0.15) is 36.0 Å². The minimum absolute atomic E-state index is 0.128. The first kappa shape index (κ1) is 9.94. The fourth-order valence-corrected chi connectivity index (χ4v) is 2.71. The predicted molar refractivity (Wildman–Crippen MR) is 60.1 cm³/mol. The van der Waals surface area contributed by atoms with Crippen molar-refractivity contribution in [3.05, 3.63) is 24.2 Å². The standard InChI is InChI=1S/C13H17NO2/c15-13(12-5-8-16-9-12)14-6-3-11(4-7-14)10-1-2-10/h5,8-11H,1-4,6-7H2. The Morgan fingerprint density at radius 1 is 1.19 bits per heavy atom. The van der Waals surface area contributed by atoms with Gasteiger partial charge in [0.05, 0.1) is 11.8 Å². The number of carbonyl (C=O) groups is 1. The Bertz CT molecular complexity index is 359. The molecule has 3 rings (SSSR count). The largest absolute Gasteiger partial charge is 0.472 e. The number of nitrogens with zero attached hydrogens (tertiary/aromatic N) is 1. The van der Waals surface area contributed by atoms with Crippen LogP contribution >= 0.6 is 0 Å². The minimum Gasteiger partial charge on any atom is -0.472 e. The van der Waals surface area contributed by atoms with Crippen LogP contribution in [0.3, 0.4) is 0 Å². The lowest BCUT2D eigenvalue weighted by atomic mass is 9.92. The molecule has 1 saturated carbocycles. The Morgan fingerprint density at radius 2 is 1.88 bits per heavy atom. The van der Waals surface area contributed by atoms with Crippen molar-refractivity contribution in [2.45, 2.75) is 25.7 Å². The maximum Gasteiger partial charge on any atom is 0.257 e. The van der Waals surface area contributed by atoms with Gasteiger partial charge in [-0.3, -0.25) is 4.79 Å². The Hall–Kier alpha value is -1.25.